The molecule has 0 fully saturated rings. The summed E-state index contributed by atoms with van der Waals surface area (Å²) in [5.41, 5.74) is 1.25. The van der Waals surface area contributed by atoms with Gasteiger partial charge < -0.3 is 104 Å². The van der Waals surface area contributed by atoms with Gasteiger partial charge in [-0.3, -0.25) is 0 Å². The van der Waals surface area contributed by atoms with Crippen LogP contribution in [0.4, 0.5) is 0 Å². The third-order valence-corrected chi connectivity index (χ3v) is 15.0. The fraction of sp³-hybridized carbons (Fsp3) is 0.798. The summed E-state index contributed by atoms with van der Waals surface area (Å²) >= 11 is 0. The SMILES string of the molecule is C=C(C)C(=O)OCCCCCCOCCOCCOCC.C=C(C)C(=O)OCCOCCOCCCCCC.C=C(C)C(=O)OCCOCCOCCOCCCCCC.C=CC(=O)OCCCCCCOCCOCCOCC.C=CC(=O)OCCOCCOCCCCCC.C=CC(=O)OCCOCCOCCOCCCCCC. The number of hydrogen-bond acceptors (Lipinski definition) is 28. The smallest absolute Gasteiger partial charge is 0.333 e. The number of esters is 6. The van der Waals surface area contributed by atoms with Crippen LogP contribution in [-0.2, 0) is 133 Å². The maximum absolute atomic E-state index is 11.1. The minimum absolute atomic E-state index is 0.242. The van der Waals surface area contributed by atoms with Gasteiger partial charge in [0.1, 0.15) is 26.4 Å². The Bertz CT molecular complexity index is 2070. The van der Waals surface area contributed by atoms with Gasteiger partial charge in [0, 0.05) is 87.8 Å². The molecule has 117 heavy (non-hydrogen) atoms. The number of hydrogen-bond donors (Lipinski definition) is 0. The van der Waals surface area contributed by atoms with Crippen molar-refractivity contribution in [2.45, 2.75) is 216 Å². The average molecular weight is 1680 g/mol. The summed E-state index contributed by atoms with van der Waals surface area (Å²) < 4.78 is 114. The fourth-order valence-electron chi connectivity index (χ4n) is 8.41. The van der Waals surface area contributed by atoms with Crippen molar-refractivity contribution in [2.75, 3.05) is 251 Å². The highest BCUT2D eigenvalue weighted by molar-refractivity contribution is 5.87. The summed E-state index contributed by atoms with van der Waals surface area (Å²) in [5.74, 6) is -2.25. The van der Waals surface area contributed by atoms with Crippen LogP contribution in [0.15, 0.2) is 74.4 Å². The summed E-state index contributed by atoms with van der Waals surface area (Å²) in [6.45, 7) is 59.5. The highest BCUT2D eigenvalue weighted by Crippen LogP contribution is 2.06. The van der Waals surface area contributed by atoms with Crippen LogP contribution in [0.25, 0.3) is 0 Å². The van der Waals surface area contributed by atoms with Crippen molar-refractivity contribution < 1.29 is 133 Å². The van der Waals surface area contributed by atoms with Crippen molar-refractivity contribution in [3.05, 3.63) is 74.4 Å². The topological polar surface area (TPSA) is 305 Å². The van der Waals surface area contributed by atoms with Gasteiger partial charge in [0.2, 0.25) is 0 Å². The van der Waals surface area contributed by atoms with Crippen LogP contribution >= 0.6 is 0 Å². The van der Waals surface area contributed by atoms with E-state index >= 15 is 0 Å². The van der Waals surface area contributed by atoms with Gasteiger partial charge in [-0.15, -0.1) is 0 Å². The lowest BCUT2D eigenvalue weighted by Crippen LogP contribution is -2.14. The lowest BCUT2D eigenvalue weighted by Gasteiger charge is -2.07. The molecule has 0 saturated heterocycles. The summed E-state index contributed by atoms with van der Waals surface area (Å²) in [5, 5.41) is 0. The molecule has 0 amide bonds. The normalized spacial score (nSPS) is 10.4. The summed E-state index contributed by atoms with van der Waals surface area (Å²) in [7, 11) is 0. The first-order chi connectivity index (χ1) is 57.0. The van der Waals surface area contributed by atoms with Crippen molar-refractivity contribution in [2.24, 2.45) is 0 Å². The van der Waals surface area contributed by atoms with E-state index in [4.69, 9.17) is 104 Å². The molecule has 0 heterocycles. The van der Waals surface area contributed by atoms with Crippen molar-refractivity contribution in [1.29, 1.82) is 0 Å². The van der Waals surface area contributed by atoms with Crippen molar-refractivity contribution in [3.63, 3.8) is 0 Å². The van der Waals surface area contributed by atoms with E-state index in [1.165, 1.54) is 83.1 Å². The molecule has 0 aromatic heterocycles. The van der Waals surface area contributed by atoms with Crippen LogP contribution in [0.2, 0.25) is 0 Å². The van der Waals surface area contributed by atoms with E-state index in [9.17, 15) is 28.8 Å². The molecule has 690 valence electrons. The predicted octanol–water partition coefficient (Wildman–Crippen LogP) is 15.2. The molecule has 0 saturated carbocycles. The van der Waals surface area contributed by atoms with Gasteiger partial charge in [-0.05, 0) is 98.8 Å². The van der Waals surface area contributed by atoms with E-state index in [0.29, 0.717) is 188 Å². The van der Waals surface area contributed by atoms with Crippen LogP contribution in [0.3, 0.4) is 0 Å². The molecule has 28 heteroatoms. The first kappa shape index (κ1) is 122. The second-order valence-corrected chi connectivity index (χ2v) is 25.9. The Labute approximate surface area is 707 Å². The predicted molar refractivity (Wildman–Crippen MR) is 459 cm³/mol. The third kappa shape index (κ3) is 124. The number of carbonyl (C=O) groups excluding carboxylic acids is 6. The van der Waals surface area contributed by atoms with E-state index in [-0.39, 0.29) is 50.3 Å². The zero-order valence-electron chi connectivity index (χ0n) is 74.7. The molecular weight excluding hydrogens is 1520 g/mol. The van der Waals surface area contributed by atoms with Gasteiger partial charge in [-0.25, -0.2) is 28.8 Å². The van der Waals surface area contributed by atoms with E-state index in [1.54, 1.807) is 20.8 Å². The Kier molecular flexibility index (Phi) is 118. The lowest BCUT2D eigenvalue weighted by atomic mass is 10.2. The van der Waals surface area contributed by atoms with Gasteiger partial charge in [0.25, 0.3) is 0 Å². The van der Waals surface area contributed by atoms with E-state index in [2.05, 4.69) is 67.2 Å². The number of ether oxygens (including phenoxy) is 22. The van der Waals surface area contributed by atoms with Crippen molar-refractivity contribution in [1.82, 2.24) is 0 Å². The van der Waals surface area contributed by atoms with Gasteiger partial charge in [-0.1, -0.05) is 157 Å². The van der Waals surface area contributed by atoms with Crippen LogP contribution in [0, 0.1) is 0 Å². The Morgan fingerprint density at radius 1 is 0.188 bits per heavy atom. The lowest BCUT2D eigenvalue weighted by molar-refractivity contribution is -0.141. The highest BCUT2D eigenvalue weighted by atomic mass is 16.6. The van der Waals surface area contributed by atoms with Gasteiger partial charge in [-0.2, -0.15) is 0 Å². The molecule has 0 aliphatic carbocycles. The fourth-order valence-corrected chi connectivity index (χ4v) is 8.41. The monoisotopic (exact) mass is 1680 g/mol. The molecule has 28 nitrogen and oxygen atoms in total. The molecule has 0 rings (SSSR count). The molecular formula is C89H166O28. The largest absolute Gasteiger partial charge is 0.463 e. The quantitative estimate of drug-likeness (QED) is 0.0236. The molecule has 0 aliphatic rings. The maximum Gasteiger partial charge on any atom is 0.333 e. The zero-order chi connectivity index (χ0) is 87.7. The average Bonchev–Trinajstić information content (AvgIpc) is 1.03. The summed E-state index contributed by atoms with van der Waals surface area (Å²) in [6, 6.07) is 0. The summed E-state index contributed by atoms with van der Waals surface area (Å²) in [6.07, 6.45) is 31.0. The Balaban J connectivity index is -0.000000316. The number of rotatable bonds is 84. The molecule has 0 spiro atoms. The Morgan fingerprint density at radius 2 is 0.333 bits per heavy atom. The van der Waals surface area contributed by atoms with Gasteiger partial charge in [0.05, 0.1) is 172 Å². The third-order valence-electron chi connectivity index (χ3n) is 15.0. The van der Waals surface area contributed by atoms with Gasteiger partial charge in [0.15, 0.2) is 0 Å². The molecule has 0 aromatic rings. The van der Waals surface area contributed by atoms with Crippen molar-refractivity contribution in [3.8, 4) is 0 Å². The highest BCUT2D eigenvalue weighted by Gasteiger charge is 2.06. The minimum atomic E-state index is -0.430. The molecule has 0 aliphatic heterocycles. The van der Waals surface area contributed by atoms with Gasteiger partial charge >= 0.3 is 35.8 Å². The molecule has 0 N–H and O–H groups in total. The molecule has 0 radical (unpaired) electrons. The Morgan fingerprint density at radius 3 is 0.521 bits per heavy atom. The second-order valence-electron chi connectivity index (χ2n) is 25.9. The standard InChI is InChI=1S/2C16H30O5.2C15H28O5.C14H26O4.C13H24O4/c1-4-18-11-12-20-14-13-19-9-7-5-6-8-10-21-16(17)15(2)3;1-4-5-6-7-8-18-9-10-19-11-12-20-13-14-21-16(17)15(2)3;1-3-15(16)20-10-8-6-5-7-9-18-13-14-19-12-11-17-4-2;1-3-5-6-7-8-17-9-10-18-11-12-19-13-14-20-15(16)4-2;1-4-5-6-7-8-16-9-10-17-11-12-18-14(15)13(2)3;1-3-5-6-7-8-15-9-10-16-11-12-17-13(14)4-2/h2*2,4-14H2,1,3H3;3H,1,4-14H2,2H3;4H,2-3,5-14H2,1H3;2,4-12H2,1,3H3;4H,2-3,5-12H2,1H3. The summed E-state index contributed by atoms with van der Waals surface area (Å²) in [4.78, 5) is 65.2. The first-order valence-electron chi connectivity index (χ1n) is 43.1. The number of carbonyl (C=O) groups is 6. The Hall–Kier alpha value is -5.38. The molecule has 0 unspecified atom stereocenters. The van der Waals surface area contributed by atoms with E-state index < -0.39 is 11.9 Å². The molecule has 0 atom stereocenters. The second kappa shape index (κ2) is 113. The van der Waals surface area contributed by atoms with Crippen molar-refractivity contribution >= 4 is 35.8 Å². The van der Waals surface area contributed by atoms with Crippen LogP contribution < -0.4 is 0 Å². The van der Waals surface area contributed by atoms with E-state index in [1.807, 2.05) is 13.8 Å². The van der Waals surface area contributed by atoms with Crippen LogP contribution in [-0.4, -0.2) is 287 Å². The molecule has 0 bridgehead atoms. The number of unbranched alkanes of at least 4 members (excludes halogenated alkanes) is 18. The zero-order valence-corrected chi connectivity index (χ0v) is 74.7. The minimum Gasteiger partial charge on any atom is -0.463 e. The maximum atomic E-state index is 11.1. The van der Waals surface area contributed by atoms with E-state index in [0.717, 1.165) is 142 Å². The first-order valence-corrected chi connectivity index (χ1v) is 43.1. The van der Waals surface area contributed by atoms with Crippen LogP contribution in [0.1, 0.15) is 216 Å². The van der Waals surface area contributed by atoms with Crippen LogP contribution in [0.5, 0.6) is 0 Å². The molecule has 0 aromatic carbocycles.